The highest BCUT2D eigenvalue weighted by Gasteiger charge is 2.07. The molecule has 2 aromatic rings. The Bertz CT molecular complexity index is 487. The van der Waals surface area contributed by atoms with E-state index in [2.05, 4.69) is 0 Å². The van der Waals surface area contributed by atoms with Gasteiger partial charge in [-0.05, 0) is 24.3 Å². The molecule has 1 aromatic heterocycles. The number of hydrogen-bond donors (Lipinski definition) is 1. The second-order valence-electron chi connectivity index (χ2n) is 2.97. The van der Waals surface area contributed by atoms with Crippen molar-refractivity contribution in [3.63, 3.8) is 0 Å². The van der Waals surface area contributed by atoms with Crippen molar-refractivity contribution in [3.05, 3.63) is 35.0 Å². The van der Waals surface area contributed by atoms with Gasteiger partial charge in [0.25, 0.3) is 0 Å². The van der Waals surface area contributed by atoms with E-state index >= 15 is 0 Å². The molecule has 0 radical (unpaired) electrons. The number of carbonyl (C=O) groups is 1. The van der Waals surface area contributed by atoms with Crippen LogP contribution in [0.5, 0.6) is 0 Å². The SMILES string of the molecule is O=C(O)Cc1cc2ccc(Cl)cc2o1. The Hall–Kier alpha value is -1.48. The van der Waals surface area contributed by atoms with Gasteiger partial charge in [-0.15, -0.1) is 0 Å². The van der Waals surface area contributed by atoms with Crippen molar-refractivity contribution in [2.24, 2.45) is 0 Å². The summed E-state index contributed by atoms with van der Waals surface area (Å²) in [5.41, 5.74) is 0.619. The third kappa shape index (κ3) is 1.72. The molecule has 0 aliphatic heterocycles. The van der Waals surface area contributed by atoms with Crippen LogP contribution >= 0.6 is 11.6 Å². The number of furan rings is 1. The first-order valence-electron chi connectivity index (χ1n) is 4.05. The lowest BCUT2D eigenvalue weighted by Gasteiger charge is -1.88. The minimum absolute atomic E-state index is 0.105. The third-order valence-corrected chi connectivity index (χ3v) is 2.09. The third-order valence-electron chi connectivity index (χ3n) is 1.86. The molecule has 0 saturated heterocycles. The Morgan fingerprint density at radius 3 is 2.93 bits per heavy atom. The zero-order chi connectivity index (χ0) is 10.1. The molecule has 0 fully saturated rings. The molecule has 0 saturated carbocycles. The molecule has 0 spiro atoms. The van der Waals surface area contributed by atoms with Gasteiger partial charge >= 0.3 is 5.97 Å². The van der Waals surface area contributed by atoms with Gasteiger partial charge in [-0.1, -0.05) is 11.6 Å². The molecule has 0 atom stereocenters. The zero-order valence-corrected chi connectivity index (χ0v) is 7.91. The maximum absolute atomic E-state index is 10.4. The lowest BCUT2D eigenvalue weighted by Crippen LogP contribution is -1.97. The first-order chi connectivity index (χ1) is 6.65. The van der Waals surface area contributed by atoms with Gasteiger partial charge in [0.1, 0.15) is 17.8 Å². The summed E-state index contributed by atoms with van der Waals surface area (Å²) < 4.78 is 5.29. The maximum atomic E-state index is 10.4. The molecule has 0 bridgehead atoms. The average molecular weight is 211 g/mol. The van der Waals surface area contributed by atoms with Crippen molar-refractivity contribution in [1.82, 2.24) is 0 Å². The highest BCUT2D eigenvalue weighted by molar-refractivity contribution is 6.31. The second-order valence-corrected chi connectivity index (χ2v) is 3.40. The minimum atomic E-state index is -0.907. The normalized spacial score (nSPS) is 10.6. The Morgan fingerprint density at radius 2 is 2.21 bits per heavy atom. The van der Waals surface area contributed by atoms with Crippen molar-refractivity contribution in [2.45, 2.75) is 6.42 Å². The number of hydrogen-bond acceptors (Lipinski definition) is 2. The van der Waals surface area contributed by atoms with Gasteiger partial charge in [0.05, 0.1) is 0 Å². The number of halogens is 1. The Labute approximate surface area is 84.9 Å². The van der Waals surface area contributed by atoms with Crippen LogP contribution in [0.2, 0.25) is 5.02 Å². The van der Waals surface area contributed by atoms with Gasteiger partial charge < -0.3 is 9.52 Å². The van der Waals surface area contributed by atoms with Gasteiger partial charge in [0.2, 0.25) is 0 Å². The van der Waals surface area contributed by atoms with Crippen molar-refractivity contribution < 1.29 is 14.3 Å². The topological polar surface area (TPSA) is 50.4 Å². The fraction of sp³-hybridized carbons (Fsp3) is 0.100. The highest BCUT2D eigenvalue weighted by Crippen LogP contribution is 2.23. The zero-order valence-electron chi connectivity index (χ0n) is 7.16. The summed E-state index contributed by atoms with van der Waals surface area (Å²) >= 11 is 5.76. The van der Waals surface area contributed by atoms with E-state index in [0.717, 1.165) is 5.39 Å². The van der Waals surface area contributed by atoms with Crippen molar-refractivity contribution in [2.75, 3.05) is 0 Å². The van der Waals surface area contributed by atoms with E-state index in [0.29, 0.717) is 16.4 Å². The summed E-state index contributed by atoms with van der Waals surface area (Å²) in [4.78, 5) is 10.4. The highest BCUT2D eigenvalue weighted by atomic mass is 35.5. The number of rotatable bonds is 2. The van der Waals surface area contributed by atoms with Crippen LogP contribution in [0, 0.1) is 0 Å². The monoisotopic (exact) mass is 210 g/mol. The molecule has 1 heterocycles. The van der Waals surface area contributed by atoms with Crippen LogP contribution in [0.15, 0.2) is 28.7 Å². The van der Waals surface area contributed by atoms with Gasteiger partial charge in [-0.3, -0.25) is 4.79 Å². The van der Waals surface area contributed by atoms with Crippen molar-refractivity contribution in [3.8, 4) is 0 Å². The summed E-state index contributed by atoms with van der Waals surface area (Å²) in [6, 6.07) is 6.92. The number of carboxylic acids is 1. The molecule has 0 unspecified atom stereocenters. The summed E-state index contributed by atoms with van der Waals surface area (Å²) in [7, 11) is 0. The lowest BCUT2D eigenvalue weighted by molar-refractivity contribution is -0.136. The van der Waals surface area contributed by atoms with Gasteiger partial charge in [-0.25, -0.2) is 0 Å². The Balaban J connectivity index is 2.46. The second kappa shape index (κ2) is 3.35. The molecule has 72 valence electrons. The molecular weight excluding hydrogens is 204 g/mol. The van der Waals surface area contributed by atoms with Crippen LogP contribution < -0.4 is 0 Å². The predicted octanol–water partition coefficient (Wildman–Crippen LogP) is 2.71. The van der Waals surface area contributed by atoms with E-state index in [-0.39, 0.29) is 6.42 Å². The molecule has 4 heteroatoms. The summed E-state index contributed by atoms with van der Waals surface area (Å²) in [6.07, 6.45) is -0.105. The van der Waals surface area contributed by atoms with Gasteiger partial charge in [0, 0.05) is 10.4 Å². The van der Waals surface area contributed by atoms with Crippen molar-refractivity contribution in [1.29, 1.82) is 0 Å². The van der Waals surface area contributed by atoms with Crippen LogP contribution in [0.4, 0.5) is 0 Å². The number of carboxylic acid groups (broad SMARTS) is 1. The summed E-state index contributed by atoms with van der Waals surface area (Å²) in [5.74, 6) is -0.468. The first kappa shape index (κ1) is 9.09. The Kier molecular flexibility index (Phi) is 2.17. The van der Waals surface area contributed by atoms with Crippen LogP contribution in [0.1, 0.15) is 5.76 Å². The van der Waals surface area contributed by atoms with E-state index in [4.69, 9.17) is 21.1 Å². The lowest BCUT2D eigenvalue weighted by atomic mass is 10.2. The average Bonchev–Trinajstić information content (AvgIpc) is 2.44. The predicted molar refractivity (Wildman–Crippen MR) is 52.6 cm³/mol. The standard InChI is InChI=1S/C10H7ClO3/c11-7-2-1-6-3-8(5-10(12)13)14-9(6)4-7/h1-4H,5H2,(H,12,13). The molecule has 0 aliphatic carbocycles. The first-order valence-corrected chi connectivity index (χ1v) is 4.43. The summed E-state index contributed by atoms with van der Waals surface area (Å²) in [5, 5.41) is 10.0. The van der Waals surface area contributed by atoms with E-state index in [1.807, 2.05) is 0 Å². The fourth-order valence-electron chi connectivity index (χ4n) is 1.30. The maximum Gasteiger partial charge on any atom is 0.311 e. The van der Waals surface area contributed by atoms with Gasteiger partial charge in [-0.2, -0.15) is 0 Å². The minimum Gasteiger partial charge on any atom is -0.481 e. The molecule has 1 N–H and O–H groups in total. The van der Waals surface area contributed by atoms with Gasteiger partial charge in [0.15, 0.2) is 0 Å². The molecule has 3 nitrogen and oxygen atoms in total. The molecule has 0 aliphatic rings. The quantitative estimate of drug-likeness (QED) is 0.829. The Morgan fingerprint density at radius 1 is 1.43 bits per heavy atom. The molecule has 1 aromatic carbocycles. The molecular formula is C10H7ClO3. The number of aliphatic carboxylic acids is 1. The smallest absolute Gasteiger partial charge is 0.311 e. The van der Waals surface area contributed by atoms with Crippen LogP contribution in [-0.4, -0.2) is 11.1 Å². The van der Waals surface area contributed by atoms with E-state index in [1.165, 1.54) is 0 Å². The number of benzene rings is 1. The molecule has 0 amide bonds. The summed E-state index contributed by atoms with van der Waals surface area (Å²) in [6.45, 7) is 0. The van der Waals surface area contributed by atoms with Crippen LogP contribution in [-0.2, 0) is 11.2 Å². The van der Waals surface area contributed by atoms with Crippen LogP contribution in [0.25, 0.3) is 11.0 Å². The number of fused-ring (bicyclic) bond motifs is 1. The largest absolute Gasteiger partial charge is 0.481 e. The fourth-order valence-corrected chi connectivity index (χ4v) is 1.46. The van der Waals surface area contributed by atoms with Crippen molar-refractivity contribution >= 4 is 28.5 Å². The molecule has 2 rings (SSSR count). The van der Waals surface area contributed by atoms with E-state index in [1.54, 1.807) is 24.3 Å². The van der Waals surface area contributed by atoms with Crippen LogP contribution in [0.3, 0.4) is 0 Å². The molecule has 14 heavy (non-hydrogen) atoms. The van der Waals surface area contributed by atoms with E-state index in [9.17, 15) is 4.79 Å². The van der Waals surface area contributed by atoms with E-state index < -0.39 is 5.97 Å².